The molecule has 41 heavy (non-hydrogen) atoms. The number of esters is 1. The number of allylic oxidation sites excluding steroid dienone is 2. The quantitative estimate of drug-likeness (QED) is 0.0879. The van der Waals surface area contributed by atoms with E-state index in [2.05, 4.69) is 6.92 Å². The van der Waals surface area contributed by atoms with Gasteiger partial charge in [0.15, 0.2) is 5.78 Å². The highest BCUT2D eigenvalue weighted by atomic mass is 16.6. The van der Waals surface area contributed by atoms with Gasteiger partial charge in [-0.2, -0.15) is 0 Å². The van der Waals surface area contributed by atoms with Gasteiger partial charge in [0.25, 0.3) is 0 Å². The van der Waals surface area contributed by atoms with E-state index >= 15 is 0 Å². The highest BCUT2D eigenvalue weighted by Crippen LogP contribution is 2.76. The van der Waals surface area contributed by atoms with E-state index in [0.717, 1.165) is 12.8 Å². The van der Waals surface area contributed by atoms with Crippen molar-refractivity contribution in [2.75, 3.05) is 6.61 Å². The van der Waals surface area contributed by atoms with Crippen molar-refractivity contribution in [3.05, 3.63) is 47.6 Å². The third-order valence-corrected chi connectivity index (χ3v) is 10.7. The first kappa shape index (κ1) is 31.9. The van der Waals surface area contributed by atoms with Crippen molar-refractivity contribution in [1.82, 2.24) is 0 Å². The van der Waals surface area contributed by atoms with Gasteiger partial charge >= 0.3 is 5.97 Å². The number of hydrogen-bond acceptors (Lipinski definition) is 7. The predicted molar refractivity (Wildman–Crippen MR) is 158 cm³/mol. The van der Waals surface area contributed by atoms with Gasteiger partial charge in [0.2, 0.25) is 0 Å². The minimum Gasteiger partial charge on any atom is -0.455 e. The van der Waals surface area contributed by atoms with E-state index in [1.807, 2.05) is 26.8 Å². The molecule has 0 bridgehead atoms. The smallest absolute Gasteiger partial charge is 0.331 e. The molecule has 2 saturated carbocycles. The maximum atomic E-state index is 13.1. The van der Waals surface area contributed by atoms with Gasteiger partial charge in [0.05, 0.1) is 18.3 Å². The molecule has 0 heterocycles. The lowest BCUT2D eigenvalue weighted by Gasteiger charge is -2.50. The fourth-order valence-electron chi connectivity index (χ4n) is 8.37. The van der Waals surface area contributed by atoms with Crippen molar-refractivity contribution in [2.45, 2.75) is 115 Å². The zero-order valence-electron chi connectivity index (χ0n) is 25.4. The predicted octanol–water partition coefficient (Wildman–Crippen LogP) is 4.73. The van der Waals surface area contributed by atoms with E-state index in [1.54, 1.807) is 31.2 Å². The van der Waals surface area contributed by atoms with E-state index in [0.29, 0.717) is 24.0 Å². The highest BCUT2D eigenvalue weighted by Gasteiger charge is 2.83. The maximum absolute atomic E-state index is 13.1. The minimum absolute atomic E-state index is 0.0356. The van der Waals surface area contributed by atoms with E-state index < -0.39 is 57.8 Å². The SMILES string of the molecule is CCCCCCCCC(O)C=CC=CC(=O)OC12CC(C)C3(O)C(C=C(CO)CC4(O)C(=O)C(C)=CC43)C1C2(C)C. The molecule has 0 aromatic heterocycles. The first-order valence-electron chi connectivity index (χ1n) is 15.5. The fourth-order valence-corrected chi connectivity index (χ4v) is 8.37. The van der Waals surface area contributed by atoms with E-state index in [-0.39, 0.29) is 18.9 Å². The lowest BCUT2D eigenvalue weighted by molar-refractivity contribution is -0.185. The molecule has 0 amide bonds. The lowest BCUT2D eigenvalue weighted by atomic mass is 9.60. The number of aliphatic hydroxyl groups excluding tert-OH is 2. The van der Waals surface area contributed by atoms with Crippen molar-refractivity contribution >= 4 is 11.8 Å². The number of carbonyl (C=O) groups is 2. The van der Waals surface area contributed by atoms with Crippen molar-refractivity contribution < 1.29 is 34.8 Å². The van der Waals surface area contributed by atoms with Crippen molar-refractivity contribution in [2.24, 2.45) is 29.1 Å². The Morgan fingerprint density at radius 2 is 1.80 bits per heavy atom. The van der Waals surface area contributed by atoms with Gasteiger partial charge < -0.3 is 25.2 Å². The van der Waals surface area contributed by atoms with Crippen LogP contribution in [-0.4, -0.2) is 61.7 Å². The summed E-state index contributed by atoms with van der Waals surface area (Å²) in [5.41, 5.74) is -3.61. The van der Waals surface area contributed by atoms with Crippen LogP contribution in [-0.2, 0) is 14.3 Å². The van der Waals surface area contributed by atoms with Crippen molar-refractivity contribution in [3.63, 3.8) is 0 Å². The number of fused-ring (bicyclic) bond motifs is 5. The molecule has 0 aromatic rings. The number of carbonyl (C=O) groups excluding carboxylic acids is 2. The number of unbranched alkanes of at least 4 members (excludes halogenated alkanes) is 5. The lowest BCUT2D eigenvalue weighted by Crippen LogP contribution is -2.61. The van der Waals surface area contributed by atoms with Gasteiger partial charge in [-0.1, -0.05) is 96.6 Å². The topological polar surface area (TPSA) is 124 Å². The molecule has 4 rings (SSSR count). The molecular formula is C34H50O7. The van der Waals surface area contributed by atoms with Gasteiger partial charge in [-0.3, -0.25) is 4.79 Å². The molecule has 7 heteroatoms. The van der Waals surface area contributed by atoms with Crippen LogP contribution in [0, 0.1) is 29.1 Å². The second kappa shape index (κ2) is 11.9. The van der Waals surface area contributed by atoms with Crippen LogP contribution in [0.15, 0.2) is 47.6 Å². The van der Waals surface area contributed by atoms with Gasteiger partial charge in [-0.25, -0.2) is 4.79 Å². The number of rotatable bonds is 12. The summed E-state index contributed by atoms with van der Waals surface area (Å²) in [7, 11) is 0. The molecule has 4 aliphatic carbocycles. The number of Topliss-reactive ketones (excluding diaryl/α,β-unsaturated/α-hetero) is 1. The molecule has 228 valence electrons. The average Bonchev–Trinajstić information content (AvgIpc) is 3.32. The Morgan fingerprint density at radius 1 is 1.12 bits per heavy atom. The van der Waals surface area contributed by atoms with Crippen LogP contribution < -0.4 is 0 Å². The van der Waals surface area contributed by atoms with Gasteiger partial charge in [-0.05, 0) is 36.8 Å². The molecule has 0 radical (unpaired) electrons. The van der Waals surface area contributed by atoms with Crippen LogP contribution in [0.5, 0.6) is 0 Å². The minimum atomic E-state index is -1.80. The summed E-state index contributed by atoms with van der Waals surface area (Å²) in [6.45, 7) is 9.46. The van der Waals surface area contributed by atoms with Crippen LogP contribution >= 0.6 is 0 Å². The normalized spacial score (nSPS) is 38.1. The second-order valence-electron chi connectivity index (χ2n) is 13.6. The van der Waals surface area contributed by atoms with Crippen LogP contribution in [0.2, 0.25) is 0 Å². The Balaban J connectivity index is 1.46. The molecule has 8 atom stereocenters. The molecule has 0 aliphatic heterocycles. The molecule has 0 spiro atoms. The van der Waals surface area contributed by atoms with E-state index in [4.69, 9.17) is 4.74 Å². The Labute approximate surface area is 245 Å². The molecule has 2 fully saturated rings. The summed E-state index contributed by atoms with van der Waals surface area (Å²) in [6.07, 6.45) is 17.3. The Morgan fingerprint density at radius 3 is 2.49 bits per heavy atom. The summed E-state index contributed by atoms with van der Waals surface area (Å²) in [5.74, 6) is -2.89. The zero-order valence-corrected chi connectivity index (χ0v) is 25.4. The maximum Gasteiger partial charge on any atom is 0.331 e. The van der Waals surface area contributed by atoms with Gasteiger partial charge in [-0.15, -0.1) is 0 Å². The van der Waals surface area contributed by atoms with Gasteiger partial charge in [0, 0.05) is 35.7 Å². The molecule has 4 N–H and O–H groups in total. The van der Waals surface area contributed by atoms with Crippen LogP contribution in [0.4, 0.5) is 0 Å². The Bertz CT molecular complexity index is 1130. The molecule has 7 nitrogen and oxygen atoms in total. The second-order valence-corrected chi connectivity index (χ2v) is 13.6. The summed E-state index contributed by atoms with van der Waals surface area (Å²) >= 11 is 0. The first-order valence-corrected chi connectivity index (χ1v) is 15.5. The van der Waals surface area contributed by atoms with Crippen LogP contribution in [0.25, 0.3) is 0 Å². The summed E-state index contributed by atoms with van der Waals surface area (Å²) in [4.78, 5) is 26.1. The molecule has 4 aliphatic rings. The number of hydrogen-bond donors (Lipinski definition) is 4. The van der Waals surface area contributed by atoms with Crippen LogP contribution in [0.3, 0.4) is 0 Å². The van der Waals surface area contributed by atoms with Crippen molar-refractivity contribution in [1.29, 1.82) is 0 Å². The summed E-state index contributed by atoms with van der Waals surface area (Å²) in [5, 5.41) is 44.3. The van der Waals surface area contributed by atoms with Crippen molar-refractivity contribution in [3.8, 4) is 0 Å². The molecule has 0 aromatic carbocycles. The number of ketones is 1. The Kier molecular flexibility index (Phi) is 9.25. The average molecular weight is 571 g/mol. The molecule has 0 saturated heterocycles. The number of ether oxygens (including phenoxy) is 1. The van der Waals surface area contributed by atoms with E-state index in [9.17, 15) is 30.0 Å². The standard InChI is InChI=1S/C34H50O7/c1-6-7-8-9-10-11-14-25(36)15-12-13-16-28(37)41-33-19-23(3)34(40)26(29(33)31(33,4)5)18-24(21-35)20-32(39)27(34)17-22(2)30(32)38/h12-13,15-18,23,25-27,29,35-36,39-40H,6-11,14,19-21H2,1-5H3. The Hall–Kier alpha value is -2.06. The highest BCUT2D eigenvalue weighted by molar-refractivity contribution is 6.04. The fraction of sp³-hybridized carbons (Fsp3) is 0.706. The number of aliphatic hydroxyl groups is 4. The largest absolute Gasteiger partial charge is 0.455 e. The first-order chi connectivity index (χ1) is 19.3. The third kappa shape index (κ3) is 5.44. The third-order valence-electron chi connectivity index (χ3n) is 10.7. The van der Waals surface area contributed by atoms with Gasteiger partial charge in [0.1, 0.15) is 11.2 Å². The summed E-state index contributed by atoms with van der Waals surface area (Å²) in [6, 6.07) is 0. The van der Waals surface area contributed by atoms with Crippen LogP contribution in [0.1, 0.15) is 92.4 Å². The monoisotopic (exact) mass is 570 g/mol. The molecular weight excluding hydrogens is 520 g/mol. The summed E-state index contributed by atoms with van der Waals surface area (Å²) < 4.78 is 6.17. The van der Waals surface area contributed by atoms with E-state index in [1.165, 1.54) is 31.8 Å². The zero-order chi connectivity index (χ0) is 30.2. The molecule has 8 unspecified atom stereocenters.